The molecule has 28 heavy (non-hydrogen) atoms. The molecular formula is C24H48N2O2. The summed E-state index contributed by atoms with van der Waals surface area (Å²) in [6, 6.07) is 0. The lowest BCUT2D eigenvalue weighted by Crippen LogP contribution is -2.26. The van der Waals surface area contributed by atoms with E-state index in [4.69, 9.17) is 0 Å². The fourth-order valence-corrected chi connectivity index (χ4v) is 3.44. The largest absolute Gasteiger partial charge is 0.356 e. The van der Waals surface area contributed by atoms with Gasteiger partial charge in [0.1, 0.15) is 0 Å². The Labute approximate surface area is 175 Å². The Balaban J connectivity index is 3.20. The molecule has 4 nitrogen and oxygen atoms in total. The molecule has 0 heterocycles. The first-order valence-electron chi connectivity index (χ1n) is 12.0. The lowest BCUT2D eigenvalue weighted by atomic mass is 10.0. The standard InChI is InChI=1S/C24H48N2O2/c1-4-5-6-7-8-9-10-11-12-13-14-15-16-17-18-20-23(27)25-22-19-21-24(28)26(2)3/h4-22H2,1-3H3,(H,25,27). The van der Waals surface area contributed by atoms with Crippen molar-refractivity contribution in [2.75, 3.05) is 20.6 Å². The van der Waals surface area contributed by atoms with Gasteiger partial charge in [0.2, 0.25) is 11.8 Å². The maximum Gasteiger partial charge on any atom is 0.222 e. The van der Waals surface area contributed by atoms with Gasteiger partial charge in [-0.25, -0.2) is 0 Å². The molecule has 0 saturated carbocycles. The van der Waals surface area contributed by atoms with Crippen LogP contribution >= 0.6 is 0 Å². The quantitative estimate of drug-likeness (QED) is 0.248. The first-order chi connectivity index (χ1) is 13.6. The molecule has 0 rings (SSSR count). The van der Waals surface area contributed by atoms with E-state index < -0.39 is 0 Å². The van der Waals surface area contributed by atoms with Gasteiger partial charge in [0.25, 0.3) is 0 Å². The van der Waals surface area contributed by atoms with E-state index in [1.807, 2.05) is 0 Å². The summed E-state index contributed by atoms with van der Waals surface area (Å²) in [6.07, 6.45) is 22.0. The van der Waals surface area contributed by atoms with Crippen molar-refractivity contribution < 1.29 is 9.59 Å². The van der Waals surface area contributed by atoms with Crippen molar-refractivity contribution in [1.82, 2.24) is 10.2 Å². The van der Waals surface area contributed by atoms with Gasteiger partial charge < -0.3 is 10.2 Å². The molecule has 0 radical (unpaired) electrons. The molecule has 0 unspecified atom stereocenters. The van der Waals surface area contributed by atoms with Crippen LogP contribution in [0.15, 0.2) is 0 Å². The predicted molar refractivity (Wildman–Crippen MR) is 120 cm³/mol. The normalized spacial score (nSPS) is 10.8. The van der Waals surface area contributed by atoms with E-state index in [9.17, 15) is 9.59 Å². The van der Waals surface area contributed by atoms with Crippen LogP contribution in [-0.4, -0.2) is 37.4 Å². The highest BCUT2D eigenvalue weighted by Gasteiger charge is 2.04. The first kappa shape index (κ1) is 26.9. The number of nitrogens with zero attached hydrogens (tertiary/aromatic N) is 1. The van der Waals surface area contributed by atoms with Crippen LogP contribution in [-0.2, 0) is 9.59 Å². The monoisotopic (exact) mass is 396 g/mol. The zero-order chi connectivity index (χ0) is 20.9. The summed E-state index contributed by atoms with van der Waals surface area (Å²) in [6.45, 7) is 2.88. The third-order valence-electron chi connectivity index (χ3n) is 5.40. The smallest absolute Gasteiger partial charge is 0.222 e. The lowest BCUT2D eigenvalue weighted by molar-refractivity contribution is -0.129. The molecule has 2 amide bonds. The van der Waals surface area contributed by atoms with Gasteiger partial charge in [-0.05, 0) is 12.8 Å². The predicted octanol–water partition coefficient (Wildman–Crippen LogP) is 6.23. The van der Waals surface area contributed by atoms with Gasteiger partial charge in [-0.1, -0.05) is 96.8 Å². The Morgan fingerprint density at radius 3 is 1.46 bits per heavy atom. The molecule has 4 heteroatoms. The summed E-state index contributed by atoms with van der Waals surface area (Å²) in [5.41, 5.74) is 0. The van der Waals surface area contributed by atoms with E-state index in [0.29, 0.717) is 19.4 Å². The number of nitrogens with one attached hydrogen (secondary N) is 1. The average Bonchev–Trinajstić information content (AvgIpc) is 2.68. The topological polar surface area (TPSA) is 49.4 Å². The molecule has 0 aromatic carbocycles. The molecule has 0 spiro atoms. The van der Waals surface area contributed by atoms with Crippen molar-refractivity contribution in [3.8, 4) is 0 Å². The summed E-state index contributed by atoms with van der Waals surface area (Å²) in [7, 11) is 3.52. The van der Waals surface area contributed by atoms with Crippen LogP contribution in [0.3, 0.4) is 0 Å². The van der Waals surface area contributed by atoms with Crippen molar-refractivity contribution in [2.45, 2.75) is 122 Å². The Bertz CT molecular complexity index is 370. The SMILES string of the molecule is CCCCCCCCCCCCCCCCCC(=O)NCCCC(=O)N(C)C. The number of unbranched alkanes of at least 4 members (excludes halogenated alkanes) is 14. The van der Waals surface area contributed by atoms with E-state index in [2.05, 4.69) is 12.2 Å². The molecule has 0 bridgehead atoms. The van der Waals surface area contributed by atoms with E-state index in [1.54, 1.807) is 19.0 Å². The van der Waals surface area contributed by atoms with E-state index in [-0.39, 0.29) is 11.8 Å². The van der Waals surface area contributed by atoms with E-state index in [1.165, 1.54) is 83.5 Å². The number of hydrogen-bond acceptors (Lipinski definition) is 2. The maximum absolute atomic E-state index is 11.7. The second kappa shape index (κ2) is 20.7. The number of rotatable bonds is 20. The molecule has 0 aliphatic rings. The second-order valence-corrected chi connectivity index (χ2v) is 8.44. The summed E-state index contributed by atoms with van der Waals surface area (Å²) in [4.78, 5) is 24.8. The zero-order valence-electron chi connectivity index (χ0n) is 19.2. The fraction of sp³-hybridized carbons (Fsp3) is 0.917. The van der Waals surface area contributed by atoms with Crippen LogP contribution in [0.2, 0.25) is 0 Å². The number of carbonyl (C=O) groups excluding carboxylic acids is 2. The van der Waals surface area contributed by atoms with Crippen molar-refractivity contribution >= 4 is 11.8 Å². The van der Waals surface area contributed by atoms with Gasteiger partial charge in [-0.3, -0.25) is 9.59 Å². The van der Waals surface area contributed by atoms with Gasteiger partial charge in [0.15, 0.2) is 0 Å². The van der Waals surface area contributed by atoms with Crippen LogP contribution in [0.25, 0.3) is 0 Å². The average molecular weight is 397 g/mol. The molecule has 0 aliphatic carbocycles. The van der Waals surface area contributed by atoms with Gasteiger partial charge in [-0.15, -0.1) is 0 Å². The van der Waals surface area contributed by atoms with Gasteiger partial charge >= 0.3 is 0 Å². The van der Waals surface area contributed by atoms with Crippen LogP contribution in [0, 0.1) is 0 Å². The summed E-state index contributed by atoms with van der Waals surface area (Å²) < 4.78 is 0. The molecule has 0 atom stereocenters. The number of hydrogen-bond donors (Lipinski definition) is 1. The Kier molecular flexibility index (Phi) is 19.9. The fourth-order valence-electron chi connectivity index (χ4n) is 3.44. The molecule has 1 N–H and O–H groups in total. The van der Waals surface area contributed by atoms with Crippen LogP contribution in [0.4, 0.5) is 0 Å². The minimum atomic E-state index is 0.122. The van der Waals surface area contributed by atoms with Gasteiger partial charge in [0, 0.05) is 33.5 Å². The zero-order valence-corrected chi connectivity index (χ0v) is 19.2. The highest BCUT2D eigenvalue weighted by molar-refractivity contribution is 5.76. The van der Waals surface area contributed by atoms with Crippen LogP contribution in [0.5, 0.6) is 0 Å². The second-order valence-electron chi connectivity index (χ2n) is 8.44. The minimum absolute atomic E-state index is 0.122. The van der Waals surface area contributed by atoms with Crippen LogP contribution in [0.1, 0.15) is 122 Å². The number of carbonyl (C=O) groups is 2. The van der Waals surface area contributed by atoms with E-state index >= 15 is 0 Å². The Morgan fingerprint density at radius 2 is 1.04 bits per heavy atom. The molecule has 0 aromatic rings. The van der Waals surface area contributed by atoms with Crippen molar-refractivity contribution in [2.24, 2.45) is 0 Å². The Morgan fingerprint density at radius 1 is 0.607 bits per heavy atom. The molecular weight excluding hydrogens is 348 g/mol. The number of amides is 2. The Hall–Kier alpha value is -1.06. The van der Waals surface area contributed by atoms with Gasteiger partial charge in [-0.2, -0.15) is 0 Å². The van der Waals surface area contributed by atoms with Crippen LogP contribution < -0.4 is 5.32 Å². The summed E-state index contributed by atoms with van der Waals surface area (Å²) in [5.74, 6) is 0.253. The first-order valence-corrected chi connectivity index (χ1v) is 12.0. The third-order valence-corrected chi connectivity index (χ3v) is 5.40. The van der Waals surface area contributed by atoms with Crippen molar-refractivity contribution in [3.05, 3.63) is 0 Å². The minimum Gasteiger partial charge on any atom is -0.356 e. The van der Waals surface area contributed by atoms with Gasteiger partial charge in [0.05, 0.1) is 0 Å². The molecule has 0 saturated heterocycles. The maximum atomic E-state index is 11.7. The van der Waals surface area contributed by atoms with Crippen molar-refractivity contribution in [1.29, 1.82) is 0 Å². The third kappa shape index (κ3) is 19.7. The van der Waals surface area contributed by atoms with Crippen molar-refractivity contribution in [3.63, 3.8) is 0 Å². The summed E-state index contributed by atoms with van der Waals surface area (Å²) in [5, 5.41) is 2.92. The lowest BCUT2D eigenvalue weighted by Gasteiger charge is -2.10. The van der Waals surface area contributed by atoms with E-state index in [0.717, 1.165) is 19.3 Å². The molecule has 166 valence electrons. The highest BCUT2D eigenvalue weighted by Crippen LogP contribution is 2.13. The molecule has 0 aromatic heterocycles. The molecule has 0 aliphatic heterocycles. The highest BCUT2D eigenvalue weighted by atomic mass is 16.2. The summed E-state index contributed by atoms with van der Waals surface area (Å²) >= 11 is 0. The molecule has 0 fully saturated rings.